The number of methoxy groups -OCH3 is 2. The van der Waals surface area contributed by atoms with Gasteiger partial charge in [-0.05, 0) is 25.3 Å². The molecule has 162 valence electrons. The number of aromatic nitrogens is 2. The van der Waals surface area contributed by atoms with Gasteiger partial charge in [-0.2, -0.15) is 4.98 Å². The molecule has 2 aromatic heterocycles. The quantitative estimate of drug-likeness (QED) is 0.722. The van der Waals surface area contributed by atoms with E-state index < -0.39 is 0 Å². The van der Waals surface area contributed by atoms with Gasteiger partial charge in [0, 0.05) is 39.2 Å². The number of rotatable bonds is 5. The lowest BCUT2D eigenvalue weighted by Gasteiger charge is -2.36. The van der Waals surface area contributed by atoms with Gasteiger partial charge in [0.1, 0.15) is 11.4 Å². The number of hydrogen-bond donors (Lipinski definition) is 0. The van der Waals surface area contributed by atoms with Crippen LogP contribution in [0.4, 0.5) is 0 Å². The molecule has 4 rings (SSSR count). The maximum absolute atomic E-state index is 13.3. The summed E-state index contributed by atoms with van der Waals surface area (Å²) in [5.41, 5.74) is 0.838. The highest BCUT2D eigenvalue weighted by Gasteiger charge is 2.32. The molecule has 2 aliphatic rings. The number of amides is 2. The topological polar surface area (TPSA) is 84.9 Å². The predicted octanol–water partition coefficient (Wildman–Crippen LogP) is 2.63. The van der Waals surface area contributed by atoms with E-state index in [2.05, 4.69) is 9.97 Å². The molecule has 0 radical (unpaired) electrons. The summed E-state index contributed by atoms with van der Waals surface area (Å²) in [6, 6.07) is 0. The van der Waals surface area contributed by atoms with Crippen LogP contribution in [0, 0.1) is 12.8 Å². The molecule has 0 spiro atoms. The van der Waals surface area contributed by atoms with Crippen molar-refractivity contribution in [2.75, 3.05) is 40.4 Å². The van der Waals surface area contributed by atoms with Gasteiger partial charge in [-0.15, -0.1) is 11.3 Å². The highest BCUT2D eigenvalue weighted by atomic mass is 32.1. The van der Waals surface area contributed by atoms with Gasteiger partial charge in [-0.25, -0.2) is 4.98 Å². The first-order valence-electron chi connectivity index (χ1n) is 10.4. The zero-order chi connectivity index (χ0) is 21.3. The van der Waals surface area contributed by atoms with Crippen LogP contribution in [0.25, 0.3) is 10.2 Å². The van der Waals surface area contributed by atoms with Gasteiger partial charge in [0.05, 0.1) is 17.4 Å². The standard InChI is InChI=1S/C21H28N4O4S/c1-13-16-18(29-3)22-15(12-28-2)23-19(16)30-17(13)21(27)25-10-8-24(9-11-25)20(26)14-6-4-5-7-14/h14H,4-12H2,1-3H3. The molecule has 2 fully saturated rings. The number of piperazine rings is 1. The van der Waals surface area contributed by atoms with Gasteiger partial charge in [0.15, 0.2) is 5.82 Å². The van der Waals surface area contributed by atoms with Crippen LogP contribution in [0.3, 0.4) is 0 Å². The Balaban J connectivity index is 1.51. The van der Waals surface area contributed by atoms with Crippen molar-refractivity contribution in [2.24, 2.45) is 5.92 Å². The SMILES string of the molecule is COCc1nc(OC)c2c(C)c(C(=O)N3CCN(C(=O)C4CCCC4)CC3)sc2n1. The largest absolute Gasteiger partial charge is 0.480 e. The first kappa shape index (κ1) is 21.0. The number of carbonyl (C=O) groups is 2. The van der Waals surface area contributed by atoms with Gasteiger partial charge in [-0.1, -0.05) is 12.8 Å². The van der Waals surface area contributed by atoms with E-state index in [4.69, 9.17) is 9.47 Å². The molecule has 9 heteroatoms. The Kier molecular flexibility index (Phi) is 6.19. The van der Waals surface area contributed by atoms with Crippen LogP contribution in [0.15, 0.2) is 0 Å². The summed E-state index contributed by atoms with van der Waals surface area (Å²) in [7, 11) is 3.16. The Morgan fingerprint density at radius 3 is 2.37 bits per heavy atom. The van der Waals surface area contributed by atoms with Crippen molar-refractivity contribution in [3.63, 3.8) is 0 Å². The van der Waals surface area contributed by atoms with Crippen molar-refractivity contribution in [3.05, 3.63) is 16.3 Å². The lowest BCUT2D eigenvalue weighted by atomic mass is 10.1. The third-order valence-corrected chi connectivity index (χ3v) is 7.22. The summed E-state index contributed by atoms with van der Waals surface area (Å²) < 4.78 is 10.6. The minimum absolute atomic E-state index is 0.0150. The molecule has 1 saturated carbocycles. The molecule has 1 saturated heterocycles. The van der Waals surface area contributed by atoms with Crippen molar-refractivity contribution < 1.29 is 19.1 Å². The highest BCUT2D eigenvalue weighted by molar-refractivity contribution is 7.20. The van der Waals surface area contributed by atoms with Gasteiger partial charge in [0.25, 0.3) is 5.91 Å². The number of nitrogens with zero attached hydrogens (tertiary/aromatic N) is 4. The van der Waals surface area contributed by atoms with Crippen LogP contribution >= 0.6 is 11.3 Å². The van der Waals surface area contributed by atoms with Crippen molar-refractivity contribution in [2.45, 2.75) is 39.2 Å². The molecule has 0 bridgehead atoms. The fourth-order valence-corrected chi connectivity index (χ4v) is 5.55. The molecule has 0 N–H and O–H groups in total. The lowest BCUT2D eigenvalue weighted by Crippen LogP contribution is -2.51. The second kappa shape index (κ2) is 8.85. The van der Waals surface area contributed by atoms with Crippen LogP contribution < -0.4 is 4.74 Å². The summed E-state index contributed by atoms with van der Waals surface area (Å²) >= 11 is 1.36. The van der Waals surface area contributed by atoms with Crippen molar-refractivity contribution in [1.29, 1.82) is 0 Å². The van der Waals surface area contributed by atoms with E-state index in [1.165, 1.54) is 11.3 Å². The monoisotopic (exact) mass is 432 g/mol. The van der Waals surface area contributed by atoms with Crippen LogP contribution in [0.5, 0.6) is 5.88 Å². The van der Waals surface area contributed by atoms with E-state index in [0.29, 0.717) is 42.8 Å². The summed E-state index contributed by atoms with van der Waals surface area (Å²) in [5.74, 6) is 1.43. The van der Waals surface area contributed by atoms with Gasteiger partial charge < -0.3 is 19.3 Å². The molecule has 0 unspecified atom stereocenters. The van der Waals surface area contributed by atoms with Crippen LogP contribution in [0.2, 0.25) is 0 Å². The summed E-state index contributed by atoms with van der Waals surface area (Å²) in [5, 5.41) is 0.778. The van der Waals surface area contributed by atoms with Crippen LogP contribution in [0.1, 0.15) is 46.7 Å². The molecule has 0 aromatic carbocycles. The fourth-order valence-electron chi connectivity index (χ4n) is 4.39. The molecule has 30 heavy (non-hydrogen) atoms. The zero-order valence-electron chi connectivity index (χ0n) is 17.8. The summed E-state index contributed by atoms with van der Waals surface area (Å²) in [6.45, 7) is 4.51. The Bertz CT molecular complexity index is 946. The maximum Gasteiger partial charge on any atom is 0.264 e. The van der Waals surface area contributed by atoms with E-state index >= 15 is 0 Å². The molecular formula is C21H28N4O4S. The lowest BCUT2D eigenvalue weighted by molar-refractivity contribution is -0.136. The average Bonchev–Trinajstić information content (AvgIpc) is 3.41. The molecule has 1 aliphatic carbocycles. The second-order valence-electron chi connectivity index (χ2n) is 7.92. The van der Waals surface area contributed by atoms with E-state index in [1.807, 2.05) is 16.7 Å². The first-order valence-corrected chi connectivity index (χ1v) is 11.3. The Morgan fingerprint density at radius 2 is 1.73 bits per heavy atom. The van der Waals surface area contributed by atoms with E-state index in [9.17, 15) is 9.59 Å². The molecule has 3 heterocycles. The van der Waals surface area contributed by atoms with Crippen molar-refractivity contribution in [3.8, 4) is 5.88 Å². The van der Waals surface area contributed by atoms with Gasteiger partial charge in [-0.3, -0.25) is 9.59 Å². The number of carbonyl (C=O) groups excluding carboxylic acids is 2. The molecular weight excluding hydrogens is 404 g/mol. The second-order valence-corrected chi connectivity index (χ2v) is 8.92. The molecule has 1 aliphatic heterocycles. The number of ether oxygens (including phenoxy) is 2. The third-order valence-electron chi connectivity index (χ3n) is 6.05. The molecule has 8 nitrogen and oxygen atoms in total. The van der Waals surface area contributed by atoms with E-state index in [-0.39, 0.29) is 24.3 Å². The Morgan fingerprint density at radius 1 is 1.07 bits per heavy atom. The first-order chi connectivity index (χ1) is 14.5. The number of thiophene rings is 1. The van der Waals surface area contributed by atoms with Gasteiger partial charge in [0.2, 0.25) is 11.8 Å². The average molecular weight is 433 g/mol. The highest BCUT2D eigenvalue weighted by Crippen LogP contribution is 2.36. The number of aryl methyl sites for hydroxylation is 1. The minimum atomic E-state index is -0.0150. The molecule has 2 amide bonds. The molecule has 2 aromatic rings. The van der Waals surface area contributed by atoms with Gasteiger partial charge >= 0.3 is 0 Å². The minimum Gasteiger partial charge on any atom is -0.480 e. The zero-order valence-corrected chi connectivity index (χ0v) is 18.6. The summed E-state index contributed by atoms with van der Waals surface area (Å²) in [4.78, 5) is 40.0. The smallest absolute Gasteiger partial charge is 0.264 e. The predicted molar refractivity (Wildman–Crippen MR) is 114 cm³/mol. The van der Waals surface area contributed by atoms with Crippen molar-refractivity contribution >= 4 is 33.4 Å². The third kappa shape index (κ3) is 3.88. The van der Waals surface area contributed by atoms with Crippen molar-refractivity contribution in [1.82, 2.24) is 19.8 Å². The van der Waals surface area contributed by atoms with E-state index in [0.717, 1.165) is 41.5 Å². The fraction of sp³-hybridized carbons (Fsp3) is 0.619. The normalized spacial score (nSPS) is 17.7. The molecule has 0 atom stereocenters. The van der Waals surface area contributed by atoms with E-state index in [1.54, 1.807) is 14.2 Å². The number of fused-ring (bicyclic) bond motifs is 1. The Hall–Kier alpha value is -2.26. The maximum atomic E-state index is 13.3. The Labute approximate surface area is 180 Å². The van der Waals surface area contributed by atoms with Crippen LogP contribution in [-0.2, 0) is 16.1 Å². The number of hydrogen-bond acceptors (Lipinski definition) is 7. The summed E-state index contributed by atoms with van der Waals surface area (Å²) in [6.07, 6.45) is 4.32. The van der Waals surface area contributed by atoms with Crippen LogP contribution in [-0.4, -0.2) is 72.0 Å².